The highest BCUT2D eigenvalue weighted by Crippen LogP contribution is 2.27. The standard InChI is InChI=1S/C11H13N3OS/c1-7-5-10(4-3-9(7)6-12)16-11-14-13-8(2)15-11/h3-5H,6,12H2,1-2H3. The lowest BCUT2D eigenvalue weighted by Crippen LogP contribution is -1.98. The van der Waals surface area contributed by atoms with Crippen LogP contribution in [0.1, 0.15) is 17.0 Å². The van der Waals surface area contributed by atoms with Gasteiger partial charge in [0.2, 0.25) is 5.89 Å². The third-order valence-electron chi connectivity index (χ3n) is 2.25. The van der Waals surface area contributed by atoms with Crippen molar-refractivity contribution in [3.05, 3.63) is 35.2 Å². The Morgan fingerprint density at radius 3 is 2.69 bits per heavy atom. The van der Waals surface area contributed by atoms with E-state index in [9.17, 15) is 0 Å². The molecule has 2 N–H and O–H groups in total. The Balaban J connectivity index is 2.19. The molecule has 84 valence electrons. The smallest absolute Gasteiger partial charge is 0.281 e. The summed E-state index contributed by atoms with van der Waals surface area (Å²) in [5.74, 6) is 0.581. The van der Waals surface area contributed by atoms with Gasteiger partial charge >= 0.3 is 0 Å². The van der Waals surface area contributed by atoms with E-state index in [4.69, 9.17) is 10.2 Å². The summed E-state index contributed by atoms with van der Waals surface area (Å²) in [6.45, 7) is 4.39. The van der Waals surface area contributed by atoms with E-state index in [1.165, 1.54) is 17.3 Å². The molecule has 2 rings (SSSR count). The van der Waals surface area contributed by atoms with Gasteiger partial charge in [0.25, 0.3) is 5.22 Å². The number of nitrogens with zero attached hydrogens (tertiary/aromatic N) is 2. The van der Waals surface area contributed by atoms with E-state index < -0.39 is 0 Å². The summed E-state index contributed by atoms with van der Waals surface area (Å²) in [6.07, 6.45) is 0. The van der Waals surface area contributed by atoms with Gasteiger partial charge in [-0.2, -0.15) is 0 Å². The number of nitrogens with two attached hydrogens (primary N) is 1. The quantitative estimate of drug-likeness (QED) is 0.884. The highest BCUT2D eigenvalue weighted by Gasteiger charge is 2.06. The van der Waals surface area contributed by atoms with Crippen molar-refractivity contribution in [3.63, 3.8) is 0 Å². The van der Waals surface area contributed by atoms with Crippen LogP contribution in [0.25, 0.3) is 0 Å². The molecule has 0 atom stereocenters. The molecule has 5 heteroatoms. The number of aromatic nitrogens is 2. The normalized spacial score (nSPS) is 10.7. The van der Waals surface area contributed by atoms with E-state index in [-0.39, 0.29) is 0 Å². The molecule has 0 aliphatic carbocycles. The summed E-state index contributed by atoms with van der Waals surface area (Å²) < 4.78 is 5.30. The summed E-state index contributed by atoms with van der Waals surface area (Å²) in [5, 5.41) is 8.28. The van der Waals surface area contributed by atoms with Gasteiger partial charge in [0.15, 0.2) is 0 Å². The van der Waals surface area contributed by atoms with Crippen molar-refractivity contribution in [2.45, 2.75) is 30.5 Å². The molecule has 1 aromatic heterocycles. The van der Waals surface area contributed by atoms with Crippen LogP contribution < -0.4 is 5.73 Å². The Morgan fingerprint density at radius 1 is 1.31 bits per heavy atom. The molecule has 4 nitrogen and oxygen atoms in total. The molecule has 0 unspecified atom stereocenters. The van der Waals surface area contributed by atoms with E-state index in [2.05, 4.69) is 16.3 Å². The molecule has 16 heavy (non-hydrogen) atoms. The van der Waals surface area contributed by atoms with Crippen LogP contribution >= 0.6 is 11.8 Å². The van der Waals surface area contributed by atoms with E-state index in [0.29, 0.717) is 17.7 Å². The van der Waals surface area contributed by atoms with Crippen molar-refractivity contribution in [1.82, 2.24) is 10.2 Å². The molecule has 0 aliphatic rings. The molecule has 1 heterocycles. The summed E-state index contributed by atoms with van der Waals surface area (Å²) in [6, 6.07) is 6.12. The van der Waals surface area contributed by atoms with Crippen LogP contribution in [-0.2, 0) is 6.54 Å². The number of rotatable bonds is 3. The average molecular weight is 235 g/mol. The molecule has 0 amide bonds. The predicted molar refractivity (Wildman–Crippen MR) is 62.2 cm³/mol. The maximum absolute atomic E-state index is 5.61. The van der Waals surface area contributed by atoms with Gasteiger partial charge in [-0.1, -0.05) is 6.07 Å². The highest BCUT2D eigenvalue weighted by atomic mass is 32.2. The Kier molecular flexibility index (Phi) is 3.26. The minimum absolute atomic E-state index is 0.566. The Bertz CT molecular complexity index is 496. The molecule has 0 spiro atoms. The molecule has 0 radical (unpaired) electrons. The number of benzene rings is 1. The monoisotopic (exact) mass is 235 g/mol. The van der Waals surface area contributed by atoms with E-state index in [1.807, 2.05) is 19.1 Å². The van der Waals surface area contributed by atoms with Crippen LogP contribution in [0.5, 0.6) is 0 Å². The maximum Gasteiger partial charge on any atom is 0.281 e. The van der Waals surface area contributed by atoms with Gasteiger partial charge in [-0.05, 0) is 41.9 Å². The highest BCUT2D eigenvalue weighted by molar-refractivity contribution is 7.99. The first-order valence-corrected chi connectivity index (χ1v) is 5.78. The zero-order valence-corrected chi connectivity index (χ0v) is 10.0. The topological polar surface area (TPSA) is 64.9 Å². The molecular formula is C11H13N3OS. The van der Waals surface area contributed by atoms with Crippen molar-refractivity contribution < 1.29 is 4.42 Å². The largest absolute Gasteiger partial charge is 0.416 e. The molecule has 0 saturated heterocycles. The number of hydrogen-bond acceptors (Lipinski definition) is 5. The minimum Gasteiger partial charge on any atom is -0.416 e. The average Bonchev–Trinajstić information content (AvgIpc) is 2.64. The van der Waals surface area contributed by atoms with Gasteiger partial charge in [-0.15, -0.1) is 10.2 Å². The van der Waals surface area contributed by atoms with Crippen molar-refractivity contribution in [3.8, 4) is 0 Å². The summed E-state index contributed by atoms with van der Waals surface area (Å²) >= 11 is 1.46. The van der Waals surface area contributed by atoms with Gasteiger partial charge in [0, 0.05) is 18.4 Å². The zero-order valence-electron chi connectivity index (χ0n) is 9.23. The van der Waals surface area contributed by atoms with Crippen LogP contribution in [-0.4, -0.2) is 10.2 Å². The van der Waals surface area contributed by atoms with Crippen molar-refractivity contribution in [1.29, 1.82) is 0 Å². The third kappa shape index (κ3) is 2.43. The van der Waals surface area contributed by atoms with Gasteiger partial charge in [0.1, 0.15) is 0 Å². The molecule has 2 aromatic rings. The Labute approximate surface area is 98.2 Å². The summed E-state index contributed by atoms with van der Waals surface area (Å²) in [7, 11) is 0. The first kappa shape index (κ1) is 11.2. The number of hydrogen-bond donors (Lipinski definition) is 1. The first-order valence-electron chi connectivity index (χ1n) is 4.96. The minimum atomic E-state index is 0.566. The second-order valence-corrected chi connectivity index (χ2v) is 4.51. The molecule has 1 aromatic carbocycles. The molecule has 0 saturated carbocycles. The zero-order chi connectivity index (χ0) is 11.5. The second-order valence-electron chi connectivity index (χ2n) is 3.48. The first-order chi connectivity index (χ1) is 7.69. The summed E-state index contributed by atoms with van der Waals surface area (Å²) in [5.41, 5.74) is 7.95. The predicted octanol–water partition coefficient (Wildman–Crippen LogP) is 2.30. The van der Waals surface area contributed by atoms with Crippen molar-refractivity contribution in [2.24, 2.45) is 5.73 Å². The van der Waals surface area contributed by atoms with Gasteiger partial charge in [-0.25, -0.2) is 0 Å². The SMILES string of the molecule is Cc1nnc(Sc2ccc(CN)c(C)c2)o1. The van der Waals surface area contributed by atoms with Gasteiger partial charge in [0.05, 0.1) is 0 Å². The van der Waals surface area contributed by atoms with Crippen molar-refractivity contribution >= 4 is 11.8 Å². The van der Waals surface area contributed by atoms with Crippen LogP contribution in [0.4, 0.5) is 0 Å². The lowest BCUT2D eigenvalue weighted by Gasteiger charge is -2.04. The van der Waals surface area contributed by atoms with Crippen LogP contribution in [0.3, 0.4) is 0 Å². The van der Waals surface area contributed by atoms with Crippen LogP contribution in [0.2, 0.25) is 0 Å². The summed E-state index contributed by atoms with van der Waals surface area (Å²) in [4.78, 5) is 1.08. The molecular weight excluding hydrogens is 222 g/mol. The van der Waals surface area contributed by atoms with E-state index >= 15 is 0 Å². The van der Waals surface area contributed by atoms with Gasteiger partial charge in [-0.3, -0.25) is 0 Å². The van der Waals surface area contributed by atoms with E-state index in [1.54, 1.807) is 6.92 Å². The fourth-order valence-electron chi connectivity index (χ4n) is 1.38. The van der Waals surface area contributed by atoms with Crippen LogP contribution in [0, 0.1) is 13.8 Å². The lowest BCUT2D eigenvalue weighted by atomic mass is 10.1. The van der Waals surface area contributed by atoms with Crippen molar-refractivity contribution in [2.75, 3.05) is 0 Å². The number of aryl methyl sites for hydroxylation is 2. The molecule has 0 fully saturated rings. The fraction of sp³-hybridized carbons (Fsp3) is 0.273. The Hall–Kier alpha value is -1.33. The second kappa shape index (κ2) is 4.67. The maximum atomic E-state index is 5.61. The lowest BCUT2D eigenvalue weighted by molar-refractivity contribution is 0.429. The molecule has 0 bridgehead atoms. The van der Waals surface area contributed by atoms with E-state index in [0.717, 1.165) is 10.5 Å². The third-order valence-corrected chi connectivity index (χ3v) is 3.08. The van der Waals surface area contributed by atoms with Crippen LogP contribution in [0.15, 0.2) is 32.7 Å². The van der Waals surface area contributed by atoms with Gasteiger partial charge < -0.3 is 10.2 Å². The molecule has 0 aliphatic heterocycles. The fourth-order valence-corrected chi connectivity index (χ4v) is 2.20. The Morgan fingerprint density at radius 2 is 2.12 bits per heavy atom.